The second-order valence-corrected chi connectivity index (χ2v) is 4.63. The van der Waals surface area contributed by atoms with Crippen LogP contribution in [0.25, 0.3) is 0 Å². The van der Waals surface area contributed by atoms with Gasteiger partial charge in [-0.1, -0.05) is 6.42 Å². The highest BCUT2D eigenvalue weighted by Crippen LogP contribution is 2.23. The Balaban J connectivity index is 2.07. The first-order valence-corrected chi connectivity index (χ1v) is 6.59. The zero-order valence-electron chi connectivity index (χ0n) is 11.1. The van der Waals surface area contributed by atoms with E-state index in [4.69, 9.17) is 15.2 Å². The van der Waals surface area contributed by atoms with E-state index >= 15 is 0 Å². The van der Waals surface area contributed by atoms with Gasteiger partial charge >= 0.3 is 0 Å². The molecule has 1 aromatic rings. The average molecular weight is 251 g/mol. The Morgan fingerprint density at radius 3 is 2.72 bits per heavy atom. The van der Waals surface area contributed by atoms with Crippen molar-refractivity contribution in [1.29, 1.82) is 0 Å². The molecule has 0 bridgehead atoms. The Morgan fingerprint density at radius 1 is 1.28 bits per heavy atom. The van der Waals surface area contributed by atoms with E-state index in [0.29, 0.717) is 24.2 Å². The zero-order chi connectivity index (χ0) is 13.0. The fourth-order valence-electron chi connectivity index (χ4n) is 2.22. The van der Waals surface area contributed by atoms with Crippen LogP contribution in [0.4, 0.5) is 0 Å². The lowest BCUT2D eigenvalue weighted by atomic mass is 9.93. The van der Waals surface area contributed by atoms with Crippen molar-refractivity contribution < 1.29 is 9.47 Å². The molecule has 1 aliphatic rings. The van der Waals surface area contributed by atoms with Crippen molar-refractivity contribution in [3.63, 3.8) is 0 Å². The minimum absolute atomic E-state index is 0.0579. The Kier molecular flexibility index (Phi) is 4.36. The molecular formula is C13H21N3O2. The summed E-state index contributed by atoms with van der Waals surface area (Å²) >= 11 is 0. The monoisotopic (exact) mass is 251 g/mol. The summed E-state index contributed by atoms with van der Waals surface area (Å²) in [5, 5.41) is 0. The number of nitrogens with zero attached hydrogens (tertiary/aromatic N) is 2. The molecule has 2 N–H and O–H groups in total. The van der Waals surface area contributed by atoms with Crippen LogP contribution in [0.3, 0.4) is 0 Å². The minimum atomic E-state index is 0.0579. The summed E-state index contributed by atoms with van der Waals surface area (Å²) in [5.74, 6) is 1.78. The van der Waals surface area contributed by atoms with Crippen LogP contribution >= 0.6 is 0 Å². The molecule has 5 heteroatoms. The number of hydrogen-bond donors (Lipinski definition) is 1. The second kappa shape index (κ2) is 6.00. The molecule has 1 heterocycles. The number of rotatable bonds is 4. The van der Waals surface area contributed by atoms with Crippen LogP contribution in [0.2, 0.25) is 0 Å². The largest absolute Gasteiger partial charge is 0.478 e. The van der Waals surface area contributed by atoms with E-state index < -0.39 is 0 Å². The van der Waals surface area contributed by atoms with Crippen molar-refractivity contribution in [2.75, 3.05) is 6.61 Å². The molecule has 0 aromatic carbocycles. The molecule has 2 atom stereocenters. The third kappa shape index (κ3) is 3.32. The standard InChI is InChI=1S/C13H21N3O2/c1-3-17-12-8-13(16-9(2)15-12)18-11-7-5-4-6-10(11)14/h8,10-11H,3-7,14H2,1-2H3. The molecule has 100 valence electrons. The summed E-state index contributed by atoms with van der Waals surface area (Å²) in [4.78, 5) is 8.47. The van der Waals surface area contributed by atoms with E-state index in [0.717, 1.165) is 12.8 Å². The Bertz CT molecular complexity index is 398. The second-order valence-electron chi connectivity index (χ2n) is 4.63. The summed E-state index contributed by atoms with van der Waals surface area (Å²) in [6, 6.07) is 1.84. The summed E-state index contributed by atoms with van der Waals surface area (Å²) in [6.45, 7) is 4.34. The fraction of sp³-hybridized carbons (Fsp3) is 0.692. The van der Waals surface area contributed by atoms with Gasteiger partial charge in [0, 0.05) is 6.04 Å². The zero-order valence-corrected chi connectivity index (χ0v) is 11.1. The normalized spacial score (nSPS) is 23.7. The number of aryl methyl sites for hydroxylation is 1. The first kappa shape index (κ1) is 13.1. The highest BCUT2D eigenvalue weighted by atomic mass is 16.5. The predicted molar refractivity (Wildman–Crippen MR) is 68.8 cm³/mol. The lowest BCUT2D eigenvalue weighted by molar-refractivity contribution is 0.125. The number of aromatic nitrogens is 2. The Labute approximate surface area is 108 Å². The number of hydrogen-bond acceptors (Lipinski definition) is 5. The molecule has 18 heavy (non-hydrogen) atoms. The topological polar surface area (TPSA) is 70.3 Å². The highest BCUT2D eigenvalue weighted by molar-refractivity contribution is 5.21. The molecule has 5 nitrogen and oxygen atoms in total. The minimum Gasteiger partial charge on any atom is -0.478 e. The molecule has 0 amide bonds. The van der Waals surface area contributed by atoms with Gasteiger partial charge in [0.15, 0.2) is 0 Å². The summed E-state index contributed by atoms with van der Waals surface area (Å²) in [6.07, 6.45) is 4.43. The maximum atomic E-state index is 6.06. The third-order valence-electron chi connectivity index (χ3n) is 3.11. The first-order chi connectivity index (χ1) is 8.69. The SMILES string of the molecule is CCOc1cc(OC2CCCCC2N)nc(C)n1. The van der Waals surface area contributed by atoms with Crippen LogP contribution in [-0.2, 0) is 0 Å². The van der Waals surface area contributed by atoms with Gasteiger partial charge in [-0.25, -0.2) is 0 Å². The number of ether oxygens (including phenoxy) is 2. The molecule has 1 aliphatic carbocycles. The van der Waals surface area contributed by atoms with E-state index in [2.05, 4.69) is 9.97 Å². The van der Waals surface area contributed by atoms with Crippen molar-refractivity contribution in [3.8, 4) is 11.8 Å². The molecule has 1 fully saturated rings. The molecule has 1 aromatic heterocycles. The van der Waals surface area contributed by atoms with E-state index in [1.54, 1.807) is 6.07 Å². The number of nitrogens with two attached hydrogens (primary N) is 1. The molecule has 0 spiro atoms. The van der Waals surface area contributed by atoms with Crippen LogP contribution in [0.15, 0.2) is 6.07 Å². The van der Waals surface area contributed by atoms with Crippen molar-refractivity contribution >= 4 is 0 Å². The average Bonchev–Trinajstić information content (AvgIpc) is 2.32. The van der Waals surface area contributed by atoms with Crippen molar-refractivity contribution in [2.24, 2.45) is 5.73 Å². The summed E-state index contributed by atoms with van der Waals surface area (Å²) in [5.41, 5.74) is 6.06. The molecular weight excluding hydrogens is 230 g/mol. The lowest BCUT2D eigenvalue weighted by Gasteiger charge is -2.28. The van der Waals surface area contributed by atoms with Crippen molar-refractivity contribution in [3.05, 3.63) is 11.9 Å². The van der Waals surface area contributed by atoms with Crippen LogP contribution < -0.4 is 15.2 Å². The quantitative estimate of drug-likeness (QED) is 0.884. The van der Waals surface area contributed by atoms with Gasteiger partial charge in [-0.3, -0.25) is 0 Å². The van der Waals surface area contributed by atoms with Gasteiger partial charge in [-0.2, -0.15) is 9.97 Å². The van der Waals surface area contributed by atoms with Gasteiger partial charge < -0.3 is 15.2 Å². The third-order valence-corrected chi connectivity index (χ3v) is 3.11. The van der Waals surface area contributed by atoms with E-state index in [1.807, 2.05) is 13.8 Å². The summed E-state index contributed by atoms with van der Waals surface area (Å²) in [7, 11) is 0. The highest BCUT2D eigenvalue weighted by Gasteiger charge is 2.24. The van der Waals surface area contributed by atoms with Crippen molar-refractivity contribution in [1.82, 2.24) is 9.97 Å². The van der Waals surface area contributed by atoms with Crippen LogP contribution in [-0.4, -0.2) is 28.7 Å². The maximum Gasteiger partial charge on any atom is 0.220 e. The Morgan fingerprint density at radius 2 is 2.00 bits per heavy atom. The molecule has 0 saturated heterocycles. The first-order valence-electron chi connectivity index (χ1n) is 6.59. The molecule has 2 rings (SSSR count). The maximum absolute atomic E-state index is 6.06. The van der Waals surface area contributed by atoms with Crippen LogP contribution in [0, 0.1) is 6.92 Å². The summed E-state index contributed by atoms with van der Waals surface area (Å²) < 4.78 is 11.3. The van der Waals surface area contributed by atoms with Crippen LogP contribution in [0.5, 0.6) is 11.8 Å². The lowest BCUT2D eigenvalue weighted by Crippen LogP contribution is -2.41. The molecule has 0 aliphatic heterocycles. The van der Waals surface area contributed by atoms with Crippen molar-refractivity contribution in [2.45, 2.75) is 51.7 Å². The van der Waals surface area contributed by atoms with Crippen LogP contribution in [0.1, 0.15) is 38.4 Å². The van der Waals surface area contributed by atoms with Gasteiger partial charge in [0.25, 0.3) is 0 Å². The van der Waals surface area contributed by atoms with Gasteiger partial charge in [0.2, 0.25) is 11.8 Å². The fourth-order valence-corrected chi connectivity index (χ4v) is 2.22. The molecule has 1 saturated carbocycles. The predicted octanol–water partition coefficient (Wildman–Crippen LogP) is 1.83. The van der Waals surface area contributed by atoms with Gasteiger partial charge in [-0.15, -0.1) is 0 Å². The smallest absolute Gasteiger partial charge is 0.220 e. The molecule has 0 radical (unpaired) electrons. The molecule has 2 unspecified atom stereocenters. The Hall–Kier alpha value is -1.36. The van der Waals surface area contributed by atoms with E-state index in [9.17, 15) is 0 Å². The van der Waals surface area contributed by atoms with Gasteiger partial charge in [0.05, 0.1) is 12.7 Å². The van der Waals surface area contributed by atoms with Gasteiger partial charge in [0.1, 0.15) is 11.9 Å². The van der Waals surface area contributed by atoms with Gasteiger partial charge in [-0.05, 0) is 33.1 Å². The van der Waals surface area contributed by atoms with E-state index in [-0.39, 0.29) is 12.1 Å². The van der Waals surface area contributed by atoms with E-state index in [1.165, 1.54) is 12.8 Å².